The van der Waals surface area contributed by atoms with E-state index in [1.807, 2.05) is 24.3 Å². The van der Waals surface area contributed by atoms with Crippen molar-refractivity contribution in [3.63, 3.8) is 0 Å². The van der Waals surface area contributed by atoms with Crippen LogP contribution in [0.2, 0.25) is 0 Å². The predicted molar refractivity (Wildman–Crippen MR) is 176 cm³/mol. The molecule has 3 aliphatic rings. The maximum absolute atomic E-state index is 11.7. The third-order valence-electron chi connectivity index (χ3n) is 9.17. The Labute approximate surface area is 259 Å². The minimum atomic E-state index is -2.93. The zero-order valence-corrected chi connectivity index (χ0v) is 26.5. The number of aromatic carboxylic acids is 1. The van der Waals surface area contributed by atoms with Crippen LogP contribution in [-0.2, 0) is 9.84 Å². The van der Waals surface area contributed by atoms with Crippen LogP contribution < -0.4 is 22.2 Å². The van der Waals surface area contributed by atoms with Crippen molar-refractivity contribution in [3.8, 4) is 0 Å². The molecule has 2 aromatic rings. The van der Waals surface area contributed by atoms with Gasteiger partial charge in [-0.25, -0.2) is 24.2 Å². The smallest absolute Gasteiger partial charge is 0.335 e. The minimum Gasteiger partial charge on any atom is -0.478 e. The van der Waals surface area contributed by atoms with Crippen LogP contribution in [0.3, 0.4) is 0 Å². The quantitative estimate of drug-likeness (QED) is 0.0858. The van der Waals surface area contributed by atoms with Crippen LogP contribution in [0, 0.1) is 10.8 Å². The number of sulfone groups is 1. The Morgan fingerprint density at radius 2 is 1.73 bits per heavy atom. The van der Waals surface area contributed by atoms with Gasteiger partial charge in [0.1, 0.15) is 0 Å². The highest BCUT2D eigenvalue weighted by atomic mass is 32.2. The van der Waals surface area contributed by atoms with Crippen molar-refractivity contribution >= 4 is 38.6 Å². The number of nitrogen functional groups attached to an aromatic ring is 1. The Morgan fingerprint density at radius 3 is 2.39 bits per heavy atom. The Balaban J connectivity index is 1.30. The second-order valence-electron chi connectivity index (χ2n) is 12.8. The molecule has 0 aromatic heterocycles. The van der Waals surface area contributed by atoms with Crippen molar-refractivity contribution in [1.82, 2.24) is 10.0 Å². The number of anilines is 2. The summed E-state index contributed by atoms with van der Waals surface area (Å²) in [4.78, 5) is 15.7. The molecule has 5 rings (SSSR count). The van der Waals surface area contributed by atoms with Gasteiger partial charge in [-0.1, -0.05) is 50.6 Å². The molecule has 2 aromatic carbocycles. The lowest BCUT2D eigenvalue weighted by Crippen LogP contribution is -2.47. The zero-order valence-electron chi connectivity index (χ0n) is 25.7. The fourth-order valence-corrected chi connectivity index (χ4v) is 8.10. The van der Waals surface area contributed by atoms with Crippen LogP contribution in [0.4, 0.5) is 11.4 Å². The SMILES string of the molecule is CC12CC=C(c3ccc(C(=O)O)cc3)C(C)(C)C1=CCN(c1cc(N)cc(/C(N)=N/N(N)CCN3CCS(=O)(=O)CC3)c1)C2. The van der Waals surface area contributed by atoms with Crippen molar-refractivity contribution in [2.45, 2.75) is 27.2 Å². The molecular weight excluding hydrogens is 578 g/mol. The van der Waals surface area contributed by atoms with Gasteiger partial charge in [-0.05, 0) is 47.9 Å². The van der Waals surface area contributed by atoms with E-state index in [-0.39, 0.29) is 33.7 Å². The lowest BCUT2D eigenvalue weighted by Gasteiger charge is -2.51. The monoisotopic (exact) mass is 621 g/mol. The van der Waals surface area contributed by atoms with Gasteiger partial charge in [-0.3, -0.25) is 4.90 Å². The van der Waals surface area contributed by atoms with Crippen LogP contribution in [-0.4, -0.2) is 86.1 Å². The molecular formula is C32H43N7O4S. The molecule has 1 fully saturated rings. The van der Waals surface area contributed by atoms with Crippen LogP contribution in [0.15, 0.2) is 65.3 Å². The molecule has 236 valence electrons. The summed E-state index contributed by atoms with van der Waals surface area (Å²) in [5.41, 5.74) is 18.5. The topological polar surface area (TPSA) is 172 Å². The number of allylic oxidation sites excluding steroid dienone is 2. The minimum absolute atomic E-state index is 0.113. The Morgan fingerprint density at radius 1 is 1.05 bits per heavy atom. The van der Waals surface area contributed by atoms with Gasteiger partial charge in [0.15, 0.2) is 15.7 Å². The summed E-state index contributed by atoms with van der Waals surface area (Å²) in [5, 5.41) is 15.0. The maximum atomic E-state index is 11.7. The summed E-state index contributed by atoms with van der Waals surface area (Å²) in [6, 6.07) is 12.9. The molecule has 0 bridgehead atoms. The molecule has 0 radical (unpaired) electrons. The summed E-state index contributed by atoms with van der Waals surface area (Å²) in [6.07, 6.45) is 5.46. The molecule has 0 amide bonds. The fourth-order valence-electron chi connectivity index (χ4n) is 6.83. The first-order valence-corrected chi connectivity index (χ1v) is 16.7. The van der Waals surface area contributed by atoms with E-state index in [4.69, 9.17) is 17.3 Å². The third kappa shape index (κ3) is 6.62. The number of benzene rings is 2. The second kappa shape index (κ2) is 11.9. The molecule has 44 heavy (non-hydrogen) atoms. The number of carbonyl (C=O) groups is 1. The van der Waals surface area contributed by atoms with E-state index in [2.05, 4.69) is 47.8 Å². The first-order chi connectivity index (χ1) is 20.7. The summed E-state index contributed by atoms with van der Waals surface area (Å²) >= 11 is 0. The molecule has 0 spiro atoms. The summed E-state index contributed by atoms with van der Waals surface area (Å²) in [7, 11) is -2.93. The summed E-state index contributed by atoms with van der Waals surface area (Å²) < 4.78 is 23.4. The van der Waals surface area contributed by atoms with Gasteiger partial charge in [0, 0.05) is 60.5 Å². The number of nitrogens with two attached hydrogens (primary N) is 3. The number of hydrogen-bond donors (Lipinski definition) is 4. The largest absolute Gasteiger partial charge is 0.478 e. The van der Waals surface area contributed by atoms with Crippen LogP contribution in [0.25, 0.3) is 5.57 Å². The predicted octanol–water partition coefficient (Wildman–Crippen LogP) is 2.76. The Kier molecular flexibility index (Phi) is 8.54. The number of fused-ring (bicyclic) bond motifs is 1. The number of nitrogens with zero attached hydrogens (tertiary/aromatic N) is 4. The number of carboxylic acid groups (broad SMARTS) is 1. The van der Waals surface area contributed by atoms with E-state index in [1.165, 1.54) is 16.3 Å². The standard InChI is InChI=1S/C32H43N7O4S/c1-31(2)27(22-4-6-23(7-5-22)30(40)41)8-10-32(3)21-38(11-9-28(31)32)26-19-24(18-25(33)20-26)29(34)36-39(35)13-12-37-14-16-44(42,43)17-15-37/h4-9,18-20H,10-17,21,33,35H2,1-3H3,(H2,34,36)(H,40,41). The Hall–Kier alpha value is -3.87. The number of amidine groups is 1. The molecule has 1 atom stereocenters. The highest BCUT2D eigenvalue weighted by Gasteiger charge is 2.45. The second-order valence-corrected chi connectivity index (χ2v) is 15.1. The lowest BCUT2D eigenvalue weighted by molar-refractivity contribution is 0.0697. The average molecular weight is 622 g/mol. The van der Waals surface area contributed by atoms with Crippen LogP contribution in [0.5, 0.6) is 0 Å². The van der Waals surface area contributed by atoms with Gasteiger partial charge in [-0.15, -0.1) is 5.10 Å². The molecule has 0 saturated carbocycles. The van der Waals surface area contributed by atoms with Gasteiger partial charge in [0.25, 0.3) is 0 Å². The van der Waals surface area contributed by atoms with E-state index in [0.29, 0.717) is 44.0 Å². The summed E-state index contributed by atoms with van der Waals surface area (Å²) in [6.45, 7) is 10.2. The van der Waals surface area contributed by atoms with E-state index in [0.717, 1.165) is 24.2 Å². The van der Waals surface area contributed by atoms with Crippen molar-refractivity contribution in [2.75, 3.05) is 61.4 Å². The number of hydrazine groups is 1. The lowest BCUT2D eigenvalue weighted by atomic mass is 9.58. The maximum Gasteiger partial charge on any atom is 0.335 e. The first-order valence-electron chi connectivity index (χ1n) is 14.9. The average Bonchev–Trinajstić information content (AvgIpc) is 2.96. The molecule has 1 unspecified atom stereocenters. The number of hydrogen-bond acceptors (Lipinski definition) is 9. The van der Waals surface area contributed by atoms with E-state index in [1.54, 1.807) is 18.2 Å². The highest BCUT2D eigenvalue weighted by Crippen LogP contribution is 2.55. The normalized spacial score (nSPS) is 23.4. The van der Waals surface area contributed by atoms with E-state index in [9.17, 15) is 18.3 Å². The van der Waals surface area contributed by atoms with Gasteiger partial charge >= 0.3 is 5.97 Å². The van der Waals surface area contributed by atoms with Gasteiger partial charge in [-0.2, -0.15) is 0 Å². The van der Waals surface area contributed by atoms with Crippen molar-refractivity contribution in [1.29, 1.82) is 0 Å². The van der Waals surface area contributed by atoms with Gasteiger partial charge in [0.2, 0.25) is 0 Å². The third-order valence-corrected chi connectivity index (χ3v) is 10.8. The highest BCUT2D eigenvalue weighted by molar-refractivity contribution is 7.91. The molecule has 2 heterocycles. The molecule has 1 saturated heterocycles. The number of hydrazone groups is 1. The fraction of sp³-hybridized carbons (Fsp3) is 0.438. The number of rotatable bonds is 8. The van der Waals surface area contributed by atoms with Crippen LogP contribution in [0.1, 0.15) is 48.7 Å². The van der Waals surface area contributed by atoms with Gasteiger partial charge in [0.05, 0.1) is 23.6 Å². The summed E-state index contributed by atoms with van der Waals surface area (Å²) in [5.74, 6) is 5.79. The van der Waals surface area contributed by atoms with Crippen molar-refractivity contribution in [3.05, 3.63) is 76.9 Å². The molecule has 11 nitrogen and oxygen atoms in total. The van der Waals surface area contributed by atoms with Gasteiger partial charge < -0.3 is 21.5 Å². The van der Waals surface area contributed by atoms with Crippen molar-refractivity contribution in [2.24, 2.45) is 27.5 Å². The molecule has 7 N–H and O–H groups in total. The van der Waals surface area contributed by atoms with E-state index >= 15 is 0 Å². The first kappa shape index (κ1) is 31.6. The van der Waals surface area contributed by atoms with Crippen LogP contribution >= 0.6 is 0 Å². The van der Waals surface area contributed by atoms with E-state index < -0.39 is 15.8 Å². The number of carboxylic acids is 1. The molecule has 2 aliphatic heterocycles. The zero-order chi connectivity index (χ0) is 31.9. The molecule has 1 aliphatic carbocycles. The molecule has 12 heteroatoms. The van der Waals surface area contributed by atoms with Crippen molar-refractivity contribution < 1.29 is 18.3 Å². The Bertz CT molecular complexity index is 1620.